The van der Waals surface area contributed by atoms with Gasteiger partial charge in [0.25, 0.3) is 0 Å². The first kappa shape index (κ1) is 8.47. The second-order valence-corrected chi connectivity index (χ2v) is 3.22. The van der Waals surface area contributed by atoms with Gasteiger partial charge in [-0.3, -0.25) is 0 Å². The molecule has 8 heavy (non-hydrogen) atoms. The Labute approximate surface area is 65.5 Å². The summed E-state index contributed by atoms with van der Waals surface area (Å²) in [6.07, 6.45) is 6.09. The second kappa shape index (κ2) is 5.60. The zero-order chi connectivity index (χ0) is 6.41. The third kappa shape index (κ3) is 4.62. The zero-order valence-electron chi connectivity index (χ0n) is 5.58. The quantitative estimate of drug-likeness (QED) is 0.643. The Morgan fingerprint density at radius 1 is 1.62 bits per heavy atom. The molecule has 0 heterocycles. The molecular formula is C7H13I. The molecule has 0 bridgehead atoms. The van der Waals surface area contributed by atoms with E-state index in [9.17, 15) is 0 Å². The summed E-state index contributed by atoms with van der Waals surface area (Å²) in [5.41, 5.74) is 0. The van der Waals surface area contributed by atoms with Gasteiger partial charge in [0.05, 0.1) is 0 Å². The summed E-state index contributed by atoms with van der Waals surface area (Å²) in [6, 6.07) is 0. The number of halogens is 1. The van der Waals surface area contributed by atoms with Crippen molar-refractivity contribution in [3.8, 4) is 0 Å². The molecule has 0 aliphatic rings. The molecule has 0 aliphatic carbocycles. The molecule has 0 aromatic rings. The van der Waals surface area contributed by atoms with Crippen molar-refractivity contribution in [1.82, 2.24) is 0 Å². The average molecular weight is 224 g/mol. The van der Waals surface area contributed by atoms with Gasteiger partial charge in [-0.25, -0.2) is 0 Å². The van der Waals surface area contributed by atoms with Crippen molar-refractivity contribution in [3.05, 3.63) is 9.66 Å². The molecule has 1 heteroatoms. The molecule has 0 fully saturated rings. The maximum absolute atomic E-state index is 2.39. The SMILES string of the molecule is CC=C(I)CCCC. The maximum Gasteiger partial charge on any atom is -0.0137 e. The van der Waals surface area contributed by atoms with Crippen LogP contribution in [0.15, 0.2) is 9.66 Å². The Hall–Kier alpha value is 0.470. The van der Waals surface area contributed by atoms with Crippen LogP contribution in [0, 0.1) is 0 Å². The molecular weight excluding hydrogens is 211 g/mol. The lowest BCUT2D eigenvalue weighted by Gasteiger charge is -1.92. The van der Waals surface area contributed by atoms with Crippen LogP contribution < -0.4 is 0 Å². The highest BCUT2D eigenvalue weighted by Gasteiger charge is 1.85. The van der Waals surface area contributed by atoms with E-state index in [2.05, 4.69) is 42.5 Å². The van der Waals surface area contributed by atoms with Crippen LogP contribution in [0.4, 0.5) is 0 Å². The summed E-state index contributed by atoms with van der Waals surface area (Å²) in [7, 11) is 0. The standard InChI is InChI=1S/C7H13I/c1-3-5-6-7(8)4-2/h4H,3,5-6H2,1-2H3. The third-order valence-corrected chi connectivity index (χ3v) is 2.24. The van der Waals surface area contributed by atoms with Crippen molar-refractivity contribution < 1.29 is 0 Å². The van der Waals surface area contributed by atoms with Gasteiger partial charge in [0, 0.05) is 0 Å². The van der Waals surface area contributed by atoms with Crippen LogP contribution >= 0.6 is 22.6 Å². The van der Waals surface area contributed by atoms with Crippen molar-refractivity contribution in [3.63, 3.8) is 0 Å². The first-order valence-electron chi connectivity index (χ1n) is 3.12. The van der Waals surface area contributed by atoms with Gasteiger partial charge in [-0.05, 0) is 45.9 Å². The monoisotopic (exact) mass is 224 g/mol. The van der Waals surface area contributed by atoms with Crippen molar-refractivity contribution >= 4 is 22.6 Å². The fraction of sp³-hybridized carbons (Fsp3) is 0.714. The predicted molar refractivity (Wildman–Crippen MR) is 47.3 cm³/mol. The van der Waals surface area contributed by atoms with Gasteiger partial charge in [-0.15, -0.1) is 0 Å². The molecule has 0 aromatic carbocycles. The lowest BCUT2D eigenvalue weighted by Crippen LogP contribution is -1.70. The minimum Gasteiger partial charge on any atom is -0.0784 e. The van der Waals surface area contributed by atoms with E-state index in [4.69, 9.17) is 0 Å². The zero-order valence-corrected chi connectivity index (χ0v) is 7.73. The number of hydrogen-bond acceptors (Lipinski definition) is 0. The van der Waals surface area contributed by atoms with Gasteiger partial charge < -0.3 is 0 Å². The molecule has 0 radical (unpaired) electrons. The summed E-state index contributed by atoms with van der Waals surface area (Å²) in [4.78, 5) is 0. The molecule has 0 saturated heterocycles. The maximum atomic E-state index is 2.39. The van der Waals surface area contributed by atoms with Crippen LogP contribution in [0.2, 0.25) is 0 Å². The van der Waals surface area contributed by atoms with Gasteiger partial charge >= 0.3 is 0 Å². The van der Waals surface area contributed by atoms with E-state index in [0.29, 0.717) is 0 Å². The number of hydrogen-bond donors (Lipinski definition) is 0. The Kier molecular flexibility index (Phi) is 5.93. The fourth-order valence-corrected chi connectivity index (χ4v) is 0.871. The molecule has 48 valence electrons. The summed E-state index contributed by atoms with van der Waals surface area (Å²) in [5, 5.41) is 0. The molecule has 0 amide bonds. The molecule has 0 N–H and O–H groups in total. The second-order valence-electron chi connectivity index (χ2n) is 1.84. The van der Waals surface area contributed by atoms with E-state index < -0.39 is 0 Å². The summed E-state index contributed by atoms with van der Waals surface area (Å²) in [6.45, 7) is 4.32. The Morgan fingerprint density at radius 3 is 2.62 bits per heavy atom. The van der Waals surface area contributed by atoms with Crippen molar-refractivity contribution in [2.75, 3.05) is 0 Å². The third-order valence-electron chi connectivity index (χ3n) is 1.08. The van der Waals surface area contributed by atoms with Crippen LogP contribution in [0.3, 0.4) is 0 Å². The highest BCUT2D eigenvalue weighted by Crippen LogP contribution is 2.13. The average Bonchev–Trinajstić information content (AvgIpc) is 1.83. The van der Waals surface area contributed by atoms with E-state index in [1.807, 2.05) is 0 Å². The largest absolute Gasteiger partial charge is 0.0784 e. The van der Waals surface area contributed by atoms with Crippen LogP contribution in [0.5, 0.6) is 0 Å². The number of unbranched alkanes of at least 4 members (excludes halogenated alkanes) is 1. The van der Waals surface area contributed by atoms with Gasteiger partial charge in [0.2, 0.25) is 0 Å². The molecule has 0 unspecified atom stereocenters. The Balaban J connectivity index is 3.12. The lowest BCUT2D eigenvalue weighted by atomic mass is 10.2. The molecule has 0 rings (SSSR count). The first-order chi connectivity index (χ1) is 3.81. The summed E-state index contributed by atoms with van der Waals surface area (Å²) in [5.74, 6) is 0. The summed E-state index contributed by atoms with van der Waals surface area (Å²) < 4.78 is 1.49. The van der Waals surface area contributed by atoms with Crippen LogP contribution in [0.1, 0.15) is 33.1 Å². The Bertz CT molecular complexity index is 74.5. The van der Waals surface area contributed by atoms with E-state index >= 15 is 0 Å². The minimum atomic E-state index is 1.27. The van der Waals surface area contributed by atoms with E-state index in [0.717, 1.165) is 0 Å². The molecule has 0 aliphatic heterocycles. The minimum absolute atomic E-state index is 1.27. The first-order valence-corrected chi connectivity index (χ1v) is 4.19. The van der Waals surface area contributed by atoms with Crippen LogP contribution in [0.25, 0.3) is 0 Å². The molecule has 0 nitrogen and oxygen atoms in total. The predicted octanol–water partition coefficient (Wildman–Crippen LogP) is 3.52. The van der Waals surface area contributed by atoms with Crippen molar-refractivity contribution in [1.29, 1.82) is 0 Å². The van der Waals surface area contributed by atoms with Gasteiger partial charge in [0.1, 0.15) is 0 Å². The van der Waals surface area contributed by atoms with Crippen LogP contribution in [-0.4, -0.2) is 0 Å². The highest BCUT2D eigenvalue weighted by molar-refractivity contribution is 14.1. The molecule has 0 atom stereocenters. The highest BCUT2D eigenvalue weighted by atomic mass is 127. The number of rotatable bonds is 3. The molecule has 0 aromatic heterocycles. The molecule has 0 spiro atoms. The van der Waals surface area contributed by atoms with E-state index in [-0.39, 0.29) is 0 Å². The summed E-state index contributed by atoms with van der Waals surface area (Å²) >= 11 is 2.39. The Morgan fingerprint density at radius 2 is 2.25 bits per heavy atom. The lowest BCUT2D eigenvalue weighted by molar-refractivity contribution is 0.811. The van der Waals surface area contributed by atoms with Gasteiger partial charge in [-0.1, -0.05) is 19.4 Å². The van der Waals surface area contributed by atoms with Gasteiger partial charge in [0.15, 0.2) is 0 Å². The normalized spacial score (nSPS) is 12.1. The van der Waals surface area contributed by atoms with Crippen molar-refractivity contribution in [2.45, 2.75) is 33.1 Å². The topological polar surface area (TPSA) is 0 Å². The van der Waals surface area contributed by atoms with E-state index in [1.54, 1.807) is 0 Å². The number of allylic oxidation sites excluding steroid dienone is 2. The van der Waals surface area contributed by atoms with Crippen LogP contribution in [-0.2, 0) is 0 Å². The smallest absolute Gasteiger partial charge is 0.0137 e. The van der Waals surface area contributed by atoms with Gasteiger partial charge in [-0.2, -0.15) is 0 Å². The van der Waals surface area contributed by atoms with E-state index in [1.165, 1.54) is 22.8 Å². The fourth-order valence-electron chi connectivity index (χ4n) is 0.490. The molecule has 0 saturated carbocycles. The van der Waals surface area contributed by atoms with Crippen molar-refractivity contribution in [2.24, 2.45) is 0 Å².